The molecule has 3 aromatic carbocycles. The van der Waals surface area contributed by atoms with Crippen LogP contribution in [0.25, 0.3) is 21.7 Å². The van der Waals surface area contributed by atoms with Crippen LogP contribution in [-0.4, -0.2) is 22.6 Å². The van der Waals surface area contributed by atoms with Crippen molar-refractivity contribution in [2.24, 2.45) is 21.7 Å². The van der Waals surface area contributed by atoms with Crippen LogP contribution in [0.15, 0.2) is 77.1 Å². The third-order valence-electron chi connectivity index (χ3n) is 4.38. The molecule has 0 saturated carbocycles. The van der Waals surface area contributed by atoms with Crippen LogP contribution in [0.1, 0.15) is 15.9 Å². The summed E-state index contributed by atoms with van der Waals surface area (Å²) in [6.45, 7) is 0. The van der Waals surface area contributed by atoms with Crippen LogP contribution in [0.4, 0.5) is 0 Å². The highest BCUT2D eigenvalue weighted by Gasteiger charge is 2.15. The van der Waals surface area contributed by atoms with Gasteiger partial charge in [-0.15, -0.1) is 5.10 Å². The van der Waals surface area contributed by atoms with E-state index >= 15 is 0 Å². The Hall–Kier alpha value is -3.64. The van der Waals surface area contributed by atoms with Crippen LogP contribution < -0.4 is 11.5 Å². The van der Waals surface area contributed by atoms with Crippen molar-refractivity contribution in [1.82, 2.24) is 4.57 Å². The number of benzene rings is 3. The number of aromatic nitrogens is 1. The van der Waals surface area contributed by atoms with E-state index in [1.807, 2.05) is 42.5 Å². The zero-order valence-electron chi connectivity index (χ0n) is 14.7. The van der Waals surface area contributed by atoms with Gasteiger partial charge in [0.15, 0.2) is 0 Å². The molecule has 28 heavy (non-hydrogen) atoms. The van der Waals surface area contributed by atoms with Gasteiger partial charge in [0, 0.05) is 27.7 Å². The Balaban J connectivity index is 1.83. The predicted molar refractivity (Wildman–Crippen MR) is 114 cm³/mol. The molecular weight excluding hydrogens is 374 g/mol. The monoisotopic (exact) mass is 389 g/mol. The molecule has 0 saturated heterocycles. The average Bonchev–Trinajstić information content (AvgIpc) is 3.04. The summed E-state index contributed by atoms with van der Waals surface area (Å²) in [6, 6.07) is 18.9. The molecule has 0 spiro atoms. The minimum atomic E-state index is -0.153. The molecular formula is C21H16ClN5O. The molecule has 0 aliphatic rings. The standard InChI is InChI=1S/C21H16ClN5O/c22-17-7-8-19-18(10-17)16(11-25-26-21(23)24)12-27(19)20(28)15-6-5-13-3-1-2-4-14(13)9-15/h1-12H,(H4,23,24,26)/b25-11+. The lowest BCUT2D eigenvalue weighted by Gasteiger charge is -2.06. The van der Waals surface area contributed by atoms with Crippen molar-refractivity contribution in [1.29, 1.82) is 0 Å². The first-order chi connectivity index (χ1) is 13.5. The van der Waals surface area contributed by atoms with Crippen LogP contribution in [0.5, 0.6) is 0 Å². The summed E-state index contributed by atoms with van der Waals surface area (Å²) in [5, 5.41) is 10.9. The van der Waals surface area contributed by atoms with Gasteiger partial charge in [-0.25, -0.2) is 0 Å². The number of hydrogen-bond acceptors (Lipinski definition) is 3. The van der Waals surface area contributed by atoms with Crippen LogP contribution in [0.3, 0.4) is 0 Å². The van der Waals surface area contributed by atoms with Gasteiger partial charge in [0.05, 0.1) is 11.7 Å². The van der Waals surface area contributed by atoms with Crippen LogP contribution in [0.2, 0.25) is 5.02 Å². The quantitative estimate of drug-likeness (QED) is 0.317. The first kappa shape index (κ1) is 17.8. The smallest absolute Gasteiger partial charge is 0.262 e. The van der Waals surface area contributed by atoms with E-state index in [1.54, 1.807) is 29.0 Å². The van der Waals surface area contributed by atoms with Crippen molar-refractivity contribution in [3.8, 4) is 0 Å². The number of guanidine groups is 1. The Labute approximate surface area is 165 Å². The zero-order valence-corrected chi connectivity index (χ0v) is 15.5. The summed E-state index contributed by atoms with van der Waals surface area (Å²) >= 11 is 6.14. The lowest BCUT2D eigenvalue weighted by Crippen LogP contribution is -2.21. The Kier molecular flexibility index (Phi) is 4.55. The van der Waals surface area contributed by atoms with Gasteiger partial charge in [-0.1, -0.05) is 41.9 Å². The highest BCUT2D eigenvalue weighted by atomic mass is 35.5. The van der Waals surface area contributed by atoms with Crippen LogP contribution >= 0.6 is 11.6 Å². The Morgan fingerprint density at radius 3 is 2.57 bits per heavy atom. The highest BCUT2D eigenvalue weighted by molar-refractivity contribution is 6.31. The van der Waals surface area contributed by atoms with E-state index in [1.165, 1.54) is 6.21 Å². The molecule has 0 amide bonds. The molecule has 0 aliphatic heterocycles. The lowest BCUT2D eigenvalue weighted by atomic mass is 10.1. The Morgan fingerprint density at radius 1 is 1.00 bits per heavy atom. The molecule has 0 atom stereocenters. The number of rotatable bonds is 3. The third-order valence-corrected chi connectivity index (χ3v) is 4.62. The van der Waals surface area contributed by atoms with Gasteiger partial charge in [-0.2, -0.15) is 5.10 Å². The maximum atomic E-state index is 13.2. The minimum Gasteiger partial charge on any atom is -0.369 e. The van der Waals surface area contributed by atoms with E-state index < -0.39 is 0 Å². The SMILES string of the molecule is NC(N)=N/N=C/c1cn(C(=O)c2ccc3ccccc3c2)c2ccc(Cl)cc12. The van der Waals surface area contributed by atoms with Gasteiger partial charge in [-0.05, 0) is 41.1 Å². The molecule has 0 fully saturated rings. The van der Waals surface area contributed by atoms with Crippen LogP contribution in [0, 0.1) is 0 Å². The van der Waals surface area contributed by atoms with Crippen molar-refractivity contribution < 1.29 is 4.79 Å². The molecule has 1 aromatic heterocycles. The van der Waals surface area contributed by atoms with E-state index in [0.717, 1.165) is 16.2 Å². The minimum absolute atomic E-state index is 0.148. The molecule has 6 nitrogen and oxygen atoms in total. The second kappa shape index (κ2) is 7.17. The first-order valence-corrected chi connectivity index (χ1v) is 8.87. The summed E-state index contributed by atoms with van der Waals surface area (Å²) in [6.07, 6.45) is 3.19. The van der Waals surface area contributed by atoms with Crippen molar-refractivity contribution in [3.63, 3.8) is 0 Å². The summed E-state index contributed by atoms with van der Waals surface area (Å²) in [5.41, 5.74) is 12.6. The second-order valence-electron chi connectivity index (χ2n) is 6.25. The maximum absolute atomic E-state index is 13.2. The number of hydrogen-bond donors (Lipinski definition) is 2. The fourth-order valence-electron chi connectivity index (χ4n) is 3.12. The molecule has 138 valence electrons. The van der Waals surface area contributed by atoms with Crippen molar-refractivity contribution in [3.05, 3.63) is 83.0 Å². The van der Waals surface area contributed by atoms with Gasteiger partial charge in [0.25, 0.3) is 5.91 Å². The van der Waals surface area contributed by atoms with E-state index in [-0.39, 0.29) is 11.9 Å². The molecule has 0 radical (unpaired) electrons. The summed E-state index contributed by atoms with van der Waals surface area (Å²) in [7, 11) is 0. The van der Waals surface area contributed by atoms with E-state index in [0.29, 0.717) is 21.7 Å². The van der Waals surface area contributed by atoms with Crippen LogP contribution in [-0.2, 0) is 0 Å². The summed E-state index contributed by atoms with van der Waals surface area (Å²) < 4.78 is 1.58. The molecule has 4 rings (SSSR count). The first-order valence-electron chi connectivity index (χ1n) is 8.49. The fraction of sp³-hybridized carbons (Fsp3) is 0. The number of halogens is 1. The highest BCUT2D eigenvalue weighted by Crippen LogP contribution is 2.26. The summed E-state index contributed by atoms with van der Waals surface area (Å²) in [4.78, 5) is 13.2. The third kappa shape index (κ3) is 3.33. The maximum Gasteiger partial charge on any atom is 0.262 e. The van der Waals surface area contributed by atoms with E-state index in [4.69, 9.17) is 23.1 Å². The molecule has 7 heteroatoms. The number of nitrogens with zero attached hydrogens (tertiary/aromatic N) is 3. The second-order valence-corrected chi connectivity index (χ2v) is 6.69. The van der Waals surface area contributed by atoms with E-state index in [2.05, 4.69) is 10.2 Å². The molecule has 0 unspecified atom stereocenters. The predicted octanol–water partition coefficient (Wildman–Crippen LogP) is 3.74. The van der Waals surface area contributed by atoms with Gasteiger partial charge in [-0.3, -0.25) is 9.36 Å². The molecule has 4 N–H and O–H groups in total. The van der Waals surface area contributed by atoms with Gasteiger partial charge < -0.3 is 11.5 Å². The van der Waals surface area contributed by atoms with Gasteiger partial charge >= 0.3 is 0 Å². The van der Waals surface area contributed by atoms with E-state index in [9.17, 15) is 4.79 Å². The fourth-order valence-corrected chi connectivity index (χ4v) is 3.29. The Morgan fingerprint density at radius 2 is 1.79 bits per heavy atom. The normalized spacial score (nSPS) is 11.3. The van der Waals surface area contributed by atoms with Crippen molar-refractivity contribution in [2.75, 3.05) is 0 Å². The number of carbonyl (C=O) groups is 1. The zero-order chi connectivity index (χ0) is 19.7. The van der Waals surface area contributed by atoms with Crippen molar-refractivity contribution in [2.45, 2.75) is 0 Å². The molecule has 1 heterocycles. The van der Waals surface area contributed by atoms with Crippen molar-refractivity contribution >= 4 is 51.4 Å². The largest absolute Gasteiger partial charge is 0.369 e. The van der Waals surface area contributed by atoms with Gasteiger partial charge in [0.2, 0.25) is 5.96 Å². The summed E-state index contributed by atoms with van der Waals surface area (Å²) in [5.74, 6) is -0.301. The molecule has 4 aromatic rings. The lowest BCUT2D eigenvalue weighted by molar-refractivity contribution is 0.0965. The number of fused-ring (bicyclic) bond motifs is 2. The molecule has 0 aliphatic carbocycles. The number of nitrogens with two attached hydrogens (primary N) is 2. The topological polar surface area (TPSA) is 98.8 Å². The van der Waals surface area contributed by atoms with Gasteiger partial charge in [0.1, 0.15) is 0 Å². The Bertz CT molecular complexity index is 1270. The molecule has 0 bridgehead atoms. The average molecular weight is 390 g/mol. The number of carbonyl (C=O) groups excluding carboxylic acids is 1.